The van der Waals surface area contributed by atoms with Crippen LogP contribution in [-0.2, 0) is 15.9 Å². The highest BCUT2D eigenvalue weighted by molar-refractivity contribution is 5.98. The van der Waals surface area contributed by atoms with Gasteiger partial charge >= 0.3 is 11.9 Å². The van der Waals surface area contributed by atoms with E-state index in [2.05, 4.69) is 4.90 Å². The van der Waals surface area contributed by atoms with Crippen molar-refractivity contribution in [2.24, 2.45) is 0 Å². The van der Waals surface area contributed by atoms with Gasteiger partial charge in [-0.3, -0.25) is 4.90 Å². The molecule has 2 atom stereocenters. The first-order valence-corrected chi connectivity index (χ1v) is 14.0. The smallest absolute Gasteiger partial charge is 0.343 e. The van der Waals surface area contributed by atoms with Gasteiger partial charge in [0.15, 0.2) is 23.0 Å². The van der Waals surface area contributed by atoms with Gasteiger partial charge in [0.25, 0.3) is 0 Å². The van der Waals surface area contributed by atoms with Crippen LogP contribution in [0.25, 0.3) is 11.1 Å². The molecule has 0 bridgehead atoms. The number of fused-ring (bicyclic) bond motifs is 3. The van der Waals surface area contributed by atoms with E-state index in [1.807, 2.05) is 32.2 Å². The molecule has 42 heavy (non-hydrogen) atoms. The Bertz CT molecular complexity index is 1550. The third kappa shape index (κ3) is 4.28. The van der Waals surface area contributed by atoms with Crippen molar-refractivity contribution in [3.8, 4) is 39.9 Å². The molecular weight excluding hydrogens is 542 g/mol. The van der Waals surface area contributed by atoms with Crippen LogP contribution in [0.4, 0.5) is 0 Å². The highest BCUT2D eigenvalue weighted by Gasteiger charge is 2.47. The Hall–Kier alpha value is -4.44. The first kappa shape index (κ1) is 27.7. The largest absolute Gasteiger partial charge is 0.493 e. The fraction of sp³-hybridized carbons (Fsp3) is 0.375. The summed E-state index contributed by atoms with van der Waals surface area (Å²) in [6.45, 7) is 5.03. The number of cyclic esters (lactones) is 1. The van der Waals surface area contributed by atoms with Gasteiger partial charge in [0, 0.05) is 23.2 Å². The monoisotopic (exact) mass is 575 g/mol. The molecular formula is C32H33NO9. The number of rotatable bonds is 8. The molecule has 220 valence electrons. The van der Waals surface area contributed by atoms with Crippen molar-refractivity contribution in [1.29, 1.82) is 0 Å². The second-order valence-electron chi connectivity index (χ2n) is 10.2. The van der Waals surface area contributed by atoms with E-state index in [1.54, 1.807) is 39.3 Å². The van der Waals surface area contributed by atoms with Gasteiger partial charge in [-0.1, -0.05) is 18.2 Å². The van der Waals surface area contributed by atoms with Gasteiger partial charge < -0.3 is 33.2 Å². The van der Waals surface area contributed by atoms with E-state index in [9.17, 15) is 9.59 Å². The molecule has 0 N–H and O–H groups in total. The third-order valence-electron chi connectivity index (χ3n) is 7.99. The summed E-state index contributed by atoms with van der Waals surface area (Å²) in [5, 5.41) is 0. The van der Waals surface area contributed by atoms with Gasteiger partial charge in [0.1, 0.15) is 11.7 Å². The van der Waals surface area contributed by atoms with Crippen LogP contribution >= 0.6 is 0 Å². The molecule has 0 aliphatic carbocycles. The van der Waals surface area contributed by atoms with Crippen LogP contribution in [0, 0.1) is 0 Å². The molecule has 0 fully saturated rings. The highest BCUT2D eigenvalue weighted by atomic mass is 16.7. The number of ether oxygens (including phenoxy) is 7. The van der Waals surface area contributed by atoms with E-state index in [-0.39, 0.29) is 12.8 Å². The SMILES string of the molecule is CCOC(=O)c1ccc(-c2c3c(c(OC)c4c2OCO4)C(C2OC(=O)c4c2ccc(OC)c4OCC)N(C)CC3)cc1. The molecule has 0 spiro atoms. The Morgan fingerprint density at radius 1 is 0.952 bits per heavy atom. The van der Waals surface area contributed by atoms with Crippen molar-refractivity contribution in [3.63, 3.8) is 0 Å². The number of carbonyl (C=O) groups is 2. The summed E-state index contributed by atoms with van der Waals surface area (Å²) in [6.07, 6.45) is 0.0416. The minimum Gasteiger partial charge on any atom is -0.493 e. The summed E-state index contributed by atoms with van der Waals surface area (Å²) in [5.41, 5.74) is 5.14. The zero-order valence-electron chi connectivity index (χ0n) is 24.3. The lowest BCUT2D eigenvalue weighted by Gasteiger charge is -2.39. The third-order valence-corrected chi connectivity index (χ3v) is 7.99. The lowest BCUT2D eigenvalue weighted by Crippen LogP contribution is -2.36. The minimum absolute atomic E-state index is 0.0434. The van der Waals surface area contributed by atoms with Crippen LogP contribution in [0.1, 0.15) is 63.4 Å². The molecule has 3 heterocycles. The maximum Gasteiger partial charge on any atom is 0.343 e. The number of hydrogen-bond acceptors (Lipinski definition) is 10. The van der Waals surface area contributed by atoms with E-state index >= 15 is 0 Å². The van der Waals surface area contributed by atoms with E-state index in [0.29, 0.717) is 71.6 Å². The minimum atomic E-state index is -0.644. The molecule has 0 saturated carbocycles. The summed E-state index contributed by atoms with van der Waals surface area (Å²) in [4.78, 5) is 27.8. The number of esters is 2. The van der Waals surface area contributed by atoms with Gasteiger partial charge in [-0.05, 0) is 56.6 Å². The van der Waals surface area contributed by atoms with Crippen LogP contribution in [0.2, 0.25) is 0 Å². The topological polar surface area (TPSA) is 102 Å². The number of hydrogen-bond donors (Lipinski definition) is 0. The summed E-state index contributed by atoms with van der Waals surface area (Å²) in [6, 6.07) is 10.5. The molecule has 3 aliphatic heterocycles. The Kier molecular flexibility index (Phi) is 7.32. The van der Waals surface area contributed by atoms with Crippen LogP contribution in [0.3, 0.4) is 0 Å². The van der Waals surface area contributed by atoms with Crippen molar-refractivity contribution in [2.75, 3.05) is 47.8 Å². The standard InChI is InChI=1S/C32H33NO9/c1-6-38-27-21(36-4)13-12-20-24(27)32(35)42-26(20)25-23-19(14-15-33(25)3)22(29-30(28(23)37-5)41-16-40-29)17-8-10-18(11-9-17)31(34)39-7-2/h8-13,25-26H,6-7,14-16H2,1-5H3. The number of carbonyl (C=O) groups excluding carboxylic acids is 2. The fourth-order valence-electron chi connectivity index (χ4n) is 6.21. The Balaban J connectivity index is 1.53. The van der Waals surface area contributed by atoms with E-state index in [4.69, 9.17) is 33.2 Å². The molecule has 6 rings (SSSR count). The first-order valence-electron chi connectivity index (χ1n) is 14.0. The average molecular weight is 576 g/mol. The summed E-state index contributed by atoms with van der Waals surface area (Å²) >= 11 is 0. The quantitative estimate of drug-likeness (QED) is 0.337. The van der Waals surface area contributed by atoms with Crippen molar-refractivity contribution in [3.05, 3.63) is 64.2 Å². The van der Waals surface area contributed by atoms with Gasteiger partial charge in [-0.15, -0.1) is 0 Å². The Morgan fingerprint density at radius 3 is 2.40 bits per heavy atom. The Morgan fingerprint density at radius 2 is 1.71 bits per heavy atom. The lowest BCUT2D eigenvalue weighted by molar-refractivity contribution is 0.00875. The number of benzene rings is 3. The van der Waals surface area contributed by atoms with Crippen molar-refractivity contribution in [1.82, 2.24) is 4.90 Å². The molecule has 3 aromatic carbocycles. The van der Waals surface area contributed by atoms with Gasteiger partial charge in [-0.2, -0.15) is 0 Å². The zero-order chi connectivity index (χ0) is 29.5. The predicted molar refractivity (Wildman–Crippen MR) is 152 cm³/mol. The second kappa shape index (κ2) is 11.1. The second-order valence-corrected chi connectivity index (χ2v) is 10.2. The van der Waals surface area contributed by atoms with Gasteiger partial charge in [-0.25, -0.2) is 9.59 Å². The van der Waals surface area contributed by atoms with Crippen LogP contribution in [-0.4, -0.2) is 64.7 Å². The molecule has 3 aliphatic rings. The van der Waals surface area contributed by atoms with Crippen molar-refractivity contribution in [2.45, 2.75) is 32.4 Å². The first-order chi connectivity index (χ1) is 20.4. The van der Waals surface area contributed by atoms with Crippen LogP contribution in [0.15, 0.2) is 36.4 Å². The van der Waals surface area contributed by atoms with E-state index in [0.717, 1.165) is 22.3 Å². The number of likely N-dealkylation sites (N-methyl/N-ethyl adjacent to an activating group) is 1. The molecule has 10 nitrogen and oxygen atoms in total. The summed E-state index contributed by atoms with van der Waals surface area (Å²) in [7, 11) is 5.15. The molecule has 0 radical (unpaired) electrons. The van der Waals surface area contributed by atoms with Crippen molar-refractivity contribution < 1.29 is 42.7 Å². The highest BCUT2D eigenvalue weighted by Crippen LogP contribution is 2.58. The lowest BCUT2D eigenvalue weighted by atomic mass is 9.81. The zero-order valence-corrected chi connectivity index (χ0v) is 24.3. The number of nitrogens with zero attached hydrogens (tertiary/aromatic N) is 1. The normalized spacial score (nSPS) is 18.6. The molecule has 3 aromatic rings. The maximum atomic E-state index is 13.4. The molecule has 0 amide bonds. The molecule has 0 aromatic heterocycles. The molecule has 0 saturated heterocycles. The van der Waals surface area contributed by atoms with Crippen LogP contribution < -0.4 is 23.7 Å². The fourth-order valence-corrected chi connectivity index (χ4v) is 6.21. The van der Waals surface area contributed by atoms with E-state index < -0.39 is 18.1 Å². The Labute approximate surface area is 244 Å². The maximum absolute atomic E-state index is 13.4. The summed E-state index contributed by atoms with van der Waals surface area (Å²) < 4.78 is 40.6. The summed E-state index contributed by atoms with van der Waals surface area (Å²) in [5.74, 6) is 1.64. The van der Waals surface area contributed by atoms with Crippen LogP contribution in [0.5, 0.6) is 28.7 Å². The van der Waals surface area contributed by atoms with Gasteiger partial charge in [0.2, 0.25) is 12.5 Å². The predicted octanol–water partition coefficient (Wildman–Crippen LogP) is 5.12. The molecule has 2 unspecified atom stereocenters. The number of methoxy groups -OCH3 is 2. The van der Waals surface area contributed by atoms with Gasteiger partial charge in [0.05, 0.1) is 39.0 Å². The molecule has 10 heteroatoms. The van der Waals surface area contributed by atoms with Crippen molar-refractivity contribution >= 4 is 11.9 Å². The van der Waals surface area contributed by atoms with E-state index in [1.165, 1.54) is 0 Å². The average Bonchev–Trinajstić information content (AvgIpc) is 3.61.